The van der Waals surface area contributed by atoms with Gasteiger partial charge in [-0.05, 0) is 24.3 Å². The van der Waals surface area contributed by atoms with Gasteiger partial charge in [0.05, 0.1) is 20.6 Å². The van der Waals surface area contributed by atoms with Crippen molar-refractivity contribution in [3.05, 3.63) is 23.9 Å². The van der Waals surface area contributed by atoms with E-state index in [4.69, 9.17) is 9.47 Å². The monoisotopic (exact) mass is 251 g/mol. The normalized spacial score (nSPS) is 11.1. The lowest BCUT2D eigenvalue weighted by molar-refractivity contribution is -0.143. The van der Waals surface area contributed by atoms with Crippen LogP contribution in [0.4, 0.5) is 0 Å². The summed E-state index contributed by atoms with van der Waals surface area (Å²) >= 11 is 0. The van der Waals surface area contributed by atoms with Crippen molar-refractivity contribution in [1.29, 1.82) is 0 Å². The molecule has 0 fully saturated rings. The van der Waals surface area contributed by atoms with Crippen LogP contribution in [-0.2, 0) is 16.0 Å². The summed E-state index contributed by atoms with van der Waals surface area (Å²) in [6.45, 7) is 4.12. The average Bonchev–Trinajstić information content (AvgIpc) is 2.36. The minimum absolute atomic E-state index is 0.0855. The van der Waals surface area contributed by atoms with Gasteiger partial charge in [0.25, 0.3) is 0 Å². The quantitative estimate of drug-likeness (QED) is 0.729. The van der Waals surface area contributed by atoms with Gasteiger partial charge in [0.2, 0.25) is 5.88 Å². The number of carbonyl (C=O) groups excluding carboxylic acids is 1. The third-order valence-corrected chi connectivity index (χ3v) is 2.90. The van der Waals surface area contributed by atoms with Gasteiger partial charge in [-0.1, -0.05) is 19.9 Å². The third kappa shape index (κ3) is 4.73. The van der Waals surface area contributed by atoms with E-state index >= 15 is 0 Å². The van der Waals surface area contributed by atoms with Gasteiger partial charge < -0.3 is 9.47 Å². The van der Waals surface area contributed by atoms with Crippen molar-refractivity contribution >= 4 is 5.97 Å². The summed E-state index contributed by atoms with van der Waals surface area (Å²) in [5.74, 6) is 0.455. The molecule has 0 radical (unpaired) electrons. The molecule has 0 spiro atoms. The van der Waals surface area contributed by atoms with Crippen molar-refractivity contribution in [2.75, 3.05) is 14.2 Å². The van der Waals surface area contributed by atoms with Crippen molar-refractivity contribution in [3.8, 4) is 5.88 Å². The number of hydrogen-bond donors (Lipinski definition) is 0. The fourth-order valence-corrected chi connectivity index (χ4v) is 1.73. The molecule has 0 atom stereocenters. The second-order valence-corrected chi connectivity index (χ2v) is 5.09. The number of methoxy groups -OCH3 is 2. The number of aromatic nitrogens is 1. The maximum atomic E-state index is 11.3. The topological polar surface area (TPSA) is 48.4 Å². The molecule has 0 aliphatic rings. The molecule has 1 heterocycles. The van der Waals surface area contributed by atoms with Crippen molar-refractivity contribution in [3.63, 3.8) is 0 Å². The first-order chi connectivity index (χ1) is 8.46. The Balaban J connectivity index is 2.55. The Morgan fingerprint density at radius 1 is 1.33 bits per heavy atom. The Hall–Kier alpha value is -1.58. The standard InChI is InChI=1S/C14H21NO3/c1-14(2,10-13(16)18-4)9-8-11-6-5-7-12(15-11)17-3/h5-7H,8-10H2,1-4H3. The number of pyridine rings is 1. The molecule has 100 valence electrons. The molecular formula is C14H21NO3. The van der Waals surface area contributed by atoms with Crippen LogP contribution in [0.5, 0.6) is 5.88 Å². The number of carbonyl (C=O) groups is 1. The van der Waals surface area contributed by atoms with Crippen LogP contribution in [0.1, 0.15) is 32.4 Å². The summed E-state index contributed by atoms with van der Waals surface area (Å²) < 4.78 is 9.78. The zero-order valence-corrected chi connectivity index (χ0v) is 11.5. The van der Waals surface area contributed by atoms with Gasteiger partial charge in [0.15, 0.2) is 0 Å². The van der Waals surface area contributed by atoms with E-state index in [1.165, 1.54) is 7.11 Å². The van der Waals surface area contributed by atoms with Crippen LogP contribution in [-0.4, -0.2) is 25.2 Å². The van der Waals surface area contributed by atoms with Gasteiger partial charge in [-0.2, -0.15) is 0 Å². The van der Waals surface area contributed by atoms with Gasteiger partial charge in [0, 0.05) is 11.8 Å². The lowest BCUT2D eigenvalue weighted by Crippen LogP contribution is -2.19. The first kappa shape index (κ1) is 14.5. The first-order valence-electron chi connectivity index (χ1n) is 6.03. The van der Waals surface area contributed by atoms with Crippen molar-refractivity contribution in [2.45, 2.75) is 33.1 Å². The lowest BCUT2D eigenvalue weighted by atomic mass is 9.84. The third-order valence-electron chi connectivity index (χ3n) is 2.90. The highest BCUT2D eigenvalue weighted by molar-refractivity contribution is 5.69. The van der Waals surface area contributed by atoms with E-state index in [0.29, 0.717) is 12.3 Å². The number of ether oxygens (including phenoxy) is 2. The van der Waals surface area contributed by atoms with Crippen LogP contribution in [0.25, 0.3) is 0 Å². The Kier molecular flexibility index (Phi) is 5.13. The molecule has 0 N–H and O–H groups in total. The molecular weight excluding hydrogens is 230 g/mol. The minimum atomic E-state index is -0.168. The zero-order valence-electron chi connectivity index (χ0n) is 11.5. The van der Waals surface area contributed by atoms with E-state index in [9.17, 15) is 4.79 Å². The largest absolute Gasteiger partial charge is 0.481 e. The molecule has 4 nitrogen and oxygen atoms in total. The highest BCUT2D eigenvalue weighted by Gasteiger charge is 2.22. The van der Waals surface area contributed by atoms with Crippen LogP contribution in [0.3, 0.4) is 0 Å². The summed E-state index contributed by atoms with van der Waals surface area (Å²) in [5.41, 5.74) is 0.894. The fraction of sp³-hybridized carbons (Fsp3) is 0.571. The smallest absolute Gasteiger partial charge is 0.306 e. The number of aryl methyl sites for hydroxylation is 1. The maximum Gasteiger partial charge on any atom is 0.306 e. The van der Waals surface area contributed by atoms with Crippen molar-refractivity contribution in [1.82, 2.24) is 4.98 Å². The molecule has 1 rings (SSSR count). The van der Waals surface area contributed by atoms with E-state index in [1.807, 2.05) is 18.2 Å². The molecule has 18 heavy (non-hydrogen) atoms. The SMILES string of the molecule is COC(=O)CC(C)(C)CCc1cccc(OC)n1. The Morgan fingerprint density at radius 3 is 2.67 bits per heavy atom. The summed E-state index contributed by atoms with van der Waals surface area (Å²) in [5, 5.41) is 0. The molecule has 0 aliphatic carbocycles. The van der Waals surface area contributed by atoms with Crippen LogP contribution in [0, 0.1) is 5.41 Å². The molecule has 0 aliphatic heterocycles. The average molecular weight is 251 g/mol. The fourth-order valence-electron chi connectivity index (χ4n) is 1.73. The molecule has 0 unspecified atom stereocenters. The highest BCUT2D eigenvalue weighted by atomic mass is 16.5. The van der Waals surface area contributed by atoms with Gasteiger partial charge in [-0.3, -0.25) is 4.79 Å². The highest BCUT2D eigenvalue weighted by Crippen LogP contribution is 2.27. The molecule has 0 bridgehead atoms. The van der Waals surface area contributed by atoms with Gasteiger partial charge in [-0.15, -0.1) is 0 Å². The molecule has 0 saturated heterocycles. The Morgan fingerprint density at radius 2 is 2.06 bits per heavy atom. The zero-order chi connectivity index (χ0) is 13.6. The lowest BCUT2D eigenvalue weighted by Gasteiger charge is -2.22. The summed E-state index contributed by atoms with van der Waals surface area (Å²) in [6, 6.07) is 5.72. The number of hydrogen-bond acceptors (Lipinski definition) is 4. The predicted octanol–water partition coefficient (Wildman–Crippen LogP) is 2.61. The molecule has 0 aromatic carbocycles. The molecule has 1 aromatic rings. The van der Waals surface area contributed by atoms with E-state index in [1.54, 1.807) is 7.11 Å². The molecule has 1 aromatic heterocycles. The molecule has 0 saturated carbocycles. The van der Waals surface area contributed by atoms with E-state index in [2.05, 4.69) is 18.8 Å². The second kappa shape index (κ2) is 6.38. The molecule has 0 amide bonds. The predicted molar refractivity (Wildman–Crippen MR) is 69.5 cm³/mol. The van der Waals surface area contributed by atoms with Gasteiger partial charge in [-0.25, -0.2) is 4.98 Å². The summed E-state index contributed by atoms with van der Waals surface area (Å²) in [6.07, 6.45) is 2.12. The van der Waals surface area contributed by atoms with Crippen molar-refractivity contribution in [2.24, 2.45) is 5.41 Å². The minimum Gasteiger partial charge on any atom is -0.481 e. The van der Waals surface area contributed by atoms with Crippen molar-refractivity contribution < 1.29 is 14.3 Å². The second-order valence-electron chi connectivity index (χ2n) is 5.09. The Bertz CT molecular complexity index is 402. The number of nitrogens with zero attached hydrogens (tertiary/aromatic N) is 1. The molecule has 4 heteroatoms. The number of rotatable bonds is 6. The Labute approximate surface area is 108 Å². The van der Waals surface area contributed by atoms with E-state index < -0.39 is 0 Å². The summed E-state index contributed by atoms with van der Waals surface area (Å²) in [4.78, 5) is 15.6. The van der Waals surface area contributed by atoms with Crippen LogP contribution in [0.15, 0.2) is 18.2 Å². The summed E-state index contributed by atoms with van der Waals surface area (Å²) in [7, 11) is 3.02. The van der Waals surface area contributed by atoms with E-state index in [-0.39, 0.29) is 11.4 Å². The van der Waals surface area contributed by atoms with E-state index in [0.717, 1.165) is 18.5 Å². The van der Waals surface area contributed by atoms with Gasteiger partial charge in [0.1, 0.15) is 0 Å². The van der Waals surface area contributed by atoms with Gasteiger partial charge >= 0.3 is 5.97 Å². The first-order valence-corrected chi connectivity index (χ1v) is 6.03. The number of esters is 1. The van der Waals surface area contributed by atoms with Crippen LogP contribution >= 0.6 is 0 Å². The van der Waals surface area contributed by atoms with Crippen LogP contribution < -0.4 is 4.74 Å². The van der Waals surface area contributed by atoms with Crippen LogP contribution in [0.2, 0.25) is 0 Å². The maximum absolute atomic E-state index is 11.3.